The van der Waals surface area contributed by atoms with Gasteiger partial charge in [-0.2, -0.15) is 0 Å². The Balaban J connectivity index is 2.53. The molecule has 0 saturated carbocycles. The van der Waals surface area contributed by atoms with Gasteiger partial charge in [-0.05, 0) is 37.3 Å². The lowest BCUT2D eigenvalue weighted by atomic mass is 10.0. The fourth-order valence-electron chi connectivity index (χ4n) is 1.26. The van der Waals surface area contributed by atoms with Crippen LogP contribution in [0.1, 0.15) is 24.0 Å². The highest BCUT2D eigenvalue weighted by Crippen LogP contribution is 2.09. The van der Waals surface area contributed by atoms with Crippen LogP contribution in [0.25, 0.3) is 0 Å². The molecule has 61 valence electrons. The predicted molar refractivity (Wildman–Crippen MR) is 51.2 cm³/mol. The molecule has 1 aromatic rings. The fourth-order valence-corrected chi connectivity index (χ4v) is 1.26. The number of unbranched alkanes of at least 4 members (excludes halogenated alkanes) is 1. The molecule has 0 aromatic heterocycles. The molecule has 0 unspecified atom stereocenters. The standard InChI is InChI=1S/C12H13/c1-3-4-5-9-12-10-7-6-8-11(12)2/h6-8,10H,4-5,9H2,2H3. The summed E-state index contributed by atoms with van der Waals surface area (Å²) in [5.74, 6) is 2.41. The number of hydrogen-bond donors (Lipinski definition) is 0. The van der Waals surface area contributed by atoms with E-state index in [0.717, 1.165) is 19.3 Å². The highest BCUT2D eigenvalue weighted by molar-refractivity contribution is 5.25. The predicted octanol–water partition coefficient (Wildman–Crippen LogP) is 2.91. The van der Waals surface area contributed by atoms with Gasteiger partial charge in [0.1, 0.15) is 0 Å². The summed E-state index contributed by atoms with van der Waals surface area (Å²) >= 11 is 0. The van der Waals surface area contributed by atoms with Crippen LogP contribution in [0.15, 0.2) is 24.3 Å². The molecule has 0 spiro atoms. The maximum absolute atomic E-state index is 6.77. The topological polar surface area (TPSA) is 0 Å². The summed E-state index contributed by atoms with van der Waals surface area (Å²) in [5, 5.41) is 0. The average molecular weight is 157 g/mol. The molecule has 0 saturated heterocycles. The Morgan fingerprint density at radius 3 is 2.75 bits per heavy atom. The van der Waals surface area contributed by atoms with E-state index in [1.165, 1.54) is 11.1 Å². The van der Waals surface area contributed by atoms with Gasteiger partial charge in [-0.15, -0.1) is 0 Å². The van der Waals surface area contributed by atoms with Crippen molar-refractivity contribution in [2.75, 3.05) is 0 Å². The van der Waals surface area contributed by atoms with Crippen LogP contribution in [0.4, 0.5) is 0 Å². The van der Waals surface area contributed by atoms with Gasteiger partial charge in [0.05, 0.1) is 0 Å². The first kappa shape index (κ1) is 8.87. The summed E-state index contributed by atoms with van der Waals surface area (Å²) in [7, 11) is 0. The third-order valence-corrected chi connectivity index (χ3v) is 2.01. The molecule has 1 rings (SSSR count). The van der Waals surface area contributed by atoms with Gasteiger partial charge in [-0.25, -0.2) is 0 Å². The minimum Gasteiger partial charge on any atom is -0.0891 e. The lowest BCUT2D eigenvalue weighted by Crippen LogP contribution is -1.88. The first-order chi connectivity index (χ1) is 5.84. The second kappa shape index (κ2) is 4.62. The Bertz CT molecular complexity index is 278. The molecule has 0 heterocycles. The summed E-state index contributed by atoms with van der Waals surface area (Å²) < 4.78 is 0. The number of rotatable bonds is 3. The van der Waals surface area contributed by atoms with Gasteiger partial charge in [0, 0.05) is 6.42 Å². The van der Waals surface area contributed by atoms with E-state index in [0.29, 0.717) is 0 Å². The van der Waals surface area contributed by atoms with Crippen LogP contribution < -0.4 is 0 Å². The Labute approximate surface area is 74.6 Å². The number of aryl methyl sites for hydroxylation is 2. The van der Waals surface area contributed by atoms with Gasteiger partial charge in [-0.1, -0.05) is 30.2 Å². The molecule has 1 radical (unpaired) electrons. The third-order valence-electron chi connectivity index (χ3n) is 2.01. The van der Waals surface area contributed by atoms with Gasteiger partial charge in [0.15, 0.2) is 0 Å². The monoisotopic (exact) mass is 157 g/mol. The lowest BCUT2D eigenvalue weighted by molar-refractivity contribution is 0.851. The molecule has 0 fully saturated rings. The second-order valence-electron chi connectivity index (χ2n) is 2.96. The van der Waals surface area contributed by atoms with Gasteiger partial charge in [0.25, 0.3) is 0 Å². The zero-order valence-electron chi connectivity index (χ0n) is 7.43. The van der Waals surface area contributed by atoms with Crippen molar-refractivity contribution in [2.24, 2.45) is 0 Å². The van der Waals surface area contributed by atoms with Crippen LogP contribution in [-0.4, -0.2) is 0 Å². The maximum Gasteiger partial charge on any atom is 0.0102 e. The fraction of sp³-hybridized carbons (Fsp3) is 0.333. The van der Waals surface area contributed by atoms with Crippen LogP contribution >= 0.6 is 0 Å². The molecule has 0 N–H and O–H groups in total. The van der Waals surface area contributed by atoms with Crippen molar-refractivity contribution in [3.63, 3.8) is 0 Å². The summed E-state index contributed by atoms with van der Waals surface area (Å²) in [6, 6.07) is 8.40. The van der Waals surface area contributed by atoms with Crippen molar-refractivity contribution in [3.8, 4) is 5.92 Å². The van der Waals surface area contributed by atoms with E-state index in [1.807, 2.05) is 0 Å². The number of benzene rings is 1. The summed E-state index contributed by atoms with van der Waals surface area (Å²) in [6.07, 6.45) is 9.65. The minimum absolute atomic E-state index is 0.772. The molecule has 0 aliphatic carbocycles. The van der Waals surface area contributed by atoms with Crippen molar-refractivity contribution in [1.29, 1.82) is 0 Å². The van der Waals surface area contributed by atoms with Crippen LogP contribution in [0, 0.1) is 19.3 Å². The van der Waals surface area contributed by atoms with Gasteiger partial charge in [-0.3, -0.25) is 0 Å². The zero-order valence-corrected chi connectivity index (χ0v) is 7.43. The Hall–Kier alpha value is -1.22. The third kappa shape index (κ3) is 2.43. The SMILES string of the molecule is [C]#CCCCc1ccccc1C. The molecular weight excluding hydrogens is 144 g/mol. The van der Waals surface area contributed by atoms with Crippen molar-refractivity contribution < 1.29 is 0 Å². The van der Waals surface area contributed by atoms with Gasteiger partial charge in [0.2, 0.25) is 0 Å². The molecule has 0 nitrogen and oxygen atoms in total. The summed E-state index contributed by atoms with van der Waals surface area (Å²) in [6.45, 7) is 2.13. The average Bonchev–Trinajstić information content (AvgIpc) is 2.09. The van der Waals surface area contributed by atoms with Crippen molar-refractivity contribution in [1.82, 2.24) is 0 Å². The molecule has 0 aliphatic rings. The zero-order chi connectivity index (χ0) is 8.81. The summed E-state index contributed by atoms with van der Waals surface area (Å²) in [4.78, 5) is 0. The van der Waals surface area contributed by atoms with Crippen molar-refractivity contribution in [2.45, 2.75) is 26.2 Å². The van der Waals surface area contributed by atoms with E-state index in [2.05, 4.69) is 37.1 Å². The largest absolute Gasteiger partial charge is 0.0891 e. The highest BCUT2D eigenvalue weighted by atomic mass is 14.0. The quantitative estimate of drug-likeness (QED) is 0.467. The lowest BCUT2D eigenvalue weighted by Gasteiger charge is -2.02. The van der Waals surface area contributed by atoms with Crippen LogP contribution in [0.2, 0.25) is 0 Å². The molecule has 0 amide bonds. The molecular formula is C12H13. The smallest absolute Gasteiger partial charge is 0.0102 e. The Morgan fingerprint density at radius 1 is 1.33 bits per heavy atom. The molecule has 1 aromatic carbocycles. The second-order valence-corrected chi connectivity index (χ2v) is 2.96. The van der Waals surface area contributed by atoms with Crippen LogP contribution in [0.3, 0.4) is 0 Å². The Morgan fingerprint density at radius 2 is 2.08 bits per heavy atom. The molecule has 0 heteroatoms. The summed E-state index contributed by atoms with van der Waals surface area (Å²) in [5.41, 5.74) is 2.75. The molecule has 0 aliphatic heterocycles. The van der Waals surface area contributed by atoms with Crippen LogP contribution in [0.5, 0.6) is 0 Å². The van der Waals surface area contributed by atoms with Crippen molar-refractivity contribution in [3.05, 3.63) is 41.8 Å². The first-order valence-corrected chi connectivity index (χ1v) is 4.28. The highest BCUT2D eigenvalue weighted by Gasteiger charge is 1.94. The van der Waals surface area contributed by atoms with E-state index < -0.39 is 0 Å². The Kier molecular flexibility index (Phi) is 3.41. The van der Waals surface area contributed by atoms with Gasteiger partial charge >= 0.3 is 0 Å². The molecule has 0 bridgehead atoms. The molecule has 0 atom stereocenters. The minimum atomic E-state index is 0.772. The van der Waals surface area contributed by atoms with Crippen molar-refractivity contribution >= 4 is 0 Å². The van der Waals surface area contributed by atoms with E-state index in [9.17, 15) is 0 Å². The van der Waals surface area contributed by atoms with E-state index in [4.69, 9.17) is 6.42 Å². The normalized spacial score (nSPS) is 9.33. The van der Waals surface area contributed by atoms with E-state index in [-0.39, 0.29) is 0 Å². The maximum atomic E-state index is 6.77. The van der Waals surface area contributed by atoms with Crippen LogP contribution in [-0.2, 0) is 6.42 Å². The van der Waals surface area contributed by atoms with Gasteiger partial charge < -0.3 is 0 Å². The van der Waals surface area contributed by atoms with E-state index >= 15 is 0 Å². The van der Waals surface area contributed by atoms with E-state index in [1.54, 1.807) is 0 Å². The molecule has 12 heavy (non-hydrogen) atoms. The first-order valence-electron chi connectivity index (χ1n) is 4.28. The number of hydrogen-bond acceptors (Lipinski definition) is 0.